The van der Waals surface area contributed by atoms with E-state index in [0.29, 0.717) is 5.82 Å². The first kappa shape index (κ1) is 33.1. The maximum Gasteiger partial charge on any atom is 0.160 e. The minimum absolute atomic E-state index is 0.117. The molecule has 11 rings (SSSR count). The lowest BCUT2D eigenvalue weighted by Crippen LogP contribution is -2.14. The highest BCUT2D eigenvalue weighted by Crippen LogP contribution is 2.54. The van der Waals surface area contributed by atoms with Crippen LogP contribution >= 0.6 is 0 Å². The summed E-state index contributed by atoms with van der Waals surface area (Å²) in [4.78, 5) is 15.2. The van der Waals surface area contributed by atoms with Crippen molar-refractivity contribution in [2.75, 3.05) is 0 Å². The molecule has 0 atom stereocenters. The number of nitrogens with zero attached hydrogens (tertiary/aromatic N) is 3. The normalized spacial score (nSPS) is 12.9. The van der Waals surface area contributed by atoms with Gasteiger partial charge < -0.3 is 0 Å². The Morgan fingerprint density at radius 3 is 1.88 bits per heavy atom. The molecule has 10 aromatic rings. The second kappa shape index (κ2) is 12.9. The molecule has 0 radical (unpaired) electrons. The van der Waals surface area contributed by atoms with Gasteiger partial charge in [0.25, 0.3) is 0 Å². The monoisotopic (exact) mass is 727 g/mol. The molecule has 2 aromatic heterocycles. The first-order valence-electron chi connectivity index (χ1n) is 19.6. The molecule has 0 aliphatic heterocycles. The standard InChI is InChI=1S/C54H37N3/c1-54(2)47-24-13-23-45(52(47)46-30-36-16-6-7-17-37(36)31-48(46)54)43-26-27-44(42-22-10-9-21-41(42)43)51-32-50(56-53(57-51)34-14-4-3-5-15-34)39-20-12-19-35(28-39)40-29-38-18-8-11-25-49(38)55-33-40/h3-33H,1-2H3. The topological polar surface area (TPSA) is 38.7 Å². The van der Waals surface area contributed by atoms with Crippen molar-refractivity contribution in [1.29, 1.82) is 0 Å². The molecule has 1 aliphatic carbocycles. The van der Waals surface area contributed by atoms with Gasteiger partial charge in [-0.3, -0.25) is 4.98 Å². The molecule has 0 unspecified atom stereocenters. The van der Waals surface area contributed by atoms with Crippen molar-refractivity contribution in [2.45, 2.75) is 19.3 Å². The Kier molecular flexibility index (Phi) is 7.52. The van der Waals surface area contributed by atoms with Crippen molar-refractivity contribution in [1.82, 2.24) is 15.0 Å². The zero-order valence-corrected chi connectivity index (χ0v) is 31.7. The number of para-hydroxylation sites is 1. The highest BCUT2D eigenvalue weighted by atomic mass is 14.9. The molecule has 0 amide bonds. The predicted molar refractivity (Wildman–Crippen MR) is 237 cm³/mol. The first-order valence-corrected chi connectivity index (χ1v) is 19.6. The van der Waals surface area contributed by atoms with Crippen molar-refractivity contribution in [2.24, 2.45) is 0 Å². The van der Waals surface area contributed by atoms with Crippen LogP contribution in [0.25, 0.3) is 99.7 Å². The second-order valence-corrected chi connectivity index (χ2v) is 15.6. The van der Waals surface area contributed by atoms with E-state index in [9.17, 15) is 0 Å². The fraction of sp³-hybridized carbons (Fsp3) is 0.0556. The van der Waals surface area contributed by atoms with Crippen molar-refractivity contribution in [3.63, 3.8) is 0 Å². The molecular formula is C54H37N3. The minimum Gasteiger partial charge on any atom is -0.256 e. The summed E-state index contributed by atoms with van der Waals surface area (Å²) in [6.45, 7) is 4.73. The Labute approximate surface area is 332 Å². The number of pyridine rings is 1. The van der Waals surface area contributed by atoms with Crippen LogP contribution in [0.1, 0.15) is 25.0 Å². The average Bonchev–Trinajstić information content (AvgIpc) is 3.50. The Morgan fingerprint density at radius 1 is 0.386 bits per heavy atom. The first-order chi connectivity index (χ1) is 28.0. The van der Waals surface area contributed by atoms with Gasteiger partial charge >= 0.3 is 0 Å². The summed E-state index contributed by atoms with van der Waals surface area (Å²) < 4.78 is 0. The van der Waals surface area contributed by atoms with Crippen LogP contribution in [-0.2, 0) is 5.41 Å². The largest absolute Gasteiger partial charge is 0.256 e. The van der Waals surface area contributed by atoms with Gasteiger partial charge in [-0.05, 0) is 96.9 Å². The lowest BCUT2D eigenvalue weighted by atomic mass is 9.81. The fourth-order valence-electron chi connectivity index (χ4n) is 8.99. The summed E-state index contributed by atoms with van der Waals surface area (Å²) in [5.74, 6) is 0.695. The summed E-state index contributed by atoms with van der Waals surface area (Å²) in [5, 5.41) is 6.02. The quantitative estimate of drug-likeness (QED) is 0.177. The van der Waals surface area contributed by atoms with Gasteiger partial charge in [-0.2, -0.15) is 0 Å². The van der Waals surface area contributed by atoms with Gasteiger partial charge in [0, 0.05) is 39.3 Å². The molecule has 268 valence electrons. The molecule has 0 saturated heterocycles. The minimum atomic E-state index is -0.117. The average molecular weight is 728 g/mol. The summed E-state index contributed by atoms with van der Waals surface area (Å²) >= 11 is 0. The summed E-state index contributed by atoms with van der Waals surface area (Å²) in [7, 11) is 0. The maximum atomic E-state index is 5.28. The van der Waals surface area contributed by atoms with Gasteiger partial charge in [-0.15, -0.1) is 0 Å². The molecule has 8 aromatic carbocycles. The van der Waals surface area contributed by atoms with Gasteiger partial charge in [-0.25, -0.2) is 9.97 Å². The number of hydrogen-bond acceptors (Lipinski definition) is 3. The van der Waals surface area contributed by atoms with E-state index in [1.54, 1.807) is 0 Å². The van der Waals surface area contributed by atoms with Crippen molar-refractivity contribution >= 4 is 32.4 Å². The third kappa shape index (κ3) is 5.46. The highest BCUT2D eigenvalue weighted by Gasteiger charge is 2.37. The molecule has 0 fully saturated rings. The van der Waals surface area contributed by atoms with Crippen LogP contribution in [-0.4, -0.2) is 15.0 Å². The van der Waals surface area contributed by atoms with Gasteiger partial charge in [0.05, 0.1) is 16.9 Å². The Balaban J connectivity index is 1.08. The fourth-order valence-corrected chi connectivity index (χ4v) is 8.99. The van der Waals surface area contributed by atoms with Crippen LogP contribution in [0.4, 0.5) is 0 Å². The molecular weight excluding hydrogens is 691 g/mol. The molecule has 3 heteroatoms. The number of aromatic nitrogens is 3. The molecule has 0 N–H and O–H groups in total. The molecule has 0 saturated carbocycles. The van der Waals surface area contributed by atoms with Crippen LogP contribution in [0.2, 0.25) is 0 Å². The van der Waals surface area contributed by atoms with E-state index in [1.165, 1.54) is 49.5 Å². The van der Waals surface area contributed by atoms with Crippen molar-refractivity contribution < 1.29 is 0 Å². The number of rotatable bonds is 5. The number of fused-ring (bicyclic) bond motifs is 6. The molecule has 1 aliphatic rings. The van der Waals surface area contributed by atoms with Gasteiger partial charge in [0.1, 0.15) is 0 Å². The SMILES string of the molecule is CC1(C)c2cc3ccccc3cc2-c2c(-c3ccc(-c4cc(-c5cccc(-c6cnc7ccccc7c6)c5)nc(-c5ccccc5)n4)c4ccccc34)cccc21. The third-order valence-electron chi connectivity index (χ3n) is 11.9. The Hall–Kier alpha value is -7.23. The number of hydrogen-bond donors (Lipinski definition) is 0. The van der Waals surface area contributed by atoms with Crippen molar-refractivity contribution in [3.05, 3.63) is 199 Å². The molecule has 2 heterocycles. The van der Waals surface area contributed by atoms with E-state index in [0.717, 1.165) is 55.5 Å². The van der Waals surface area contributed by atoms with E-state index in [1.807, 2.05) is 36.5 Å². The maximum absolute atomic E-state index is 5.28. The predicted octanol–water partition coefficient (Wildman–Crippen LogP) is 14.0. The van der Waals surface area contributed by atoms with Crippen LogP contribution in [0.3, 0.4) is 0 Å². The molecule has 0 spiro atoms. The highest BCUT2D eigenvalue weighted by molar-refractivity contribution is 6.08. The Morgan fingerprint density at radius 2 is 1.04 bits per heavy atom. The van der Waals surface area contributed by atoms with Crippen LogP contribution in [0.5, 0.6) is 0 Å². The van der Waals surface area contributed by atoms with E-state index in [4.69, 9.17) is 15.0 Å². The Bertz CT molecular complexity index is 3220. The lowest BCUT2D eigenvalue weighted by molar-refractivity contribution is 0.661. The third-order valence-corrected chi connectivity index (χ3v) is 11.9. The summed E-state index contributed by atoms with van der Waals surface area (Å²) in [5.41, 5.74) is 15.7. The van der Waals surface area contributed by atoms with Gasteiger partial charge in [-0.1, -0.05) is 159 Å². The van der Waals surface area contributed by atoms with Crippen LogP contribution in [0, 0.1) is 0 Å². The summed E-state index contributed by atoms with van der Waals surface area (Å²) in [6, 6.07) is 65.2. The number of benzene rings is 8. The molecule has 57 heavy (non-hydrogen) atoms. The zero-order chi connectivity index (χ0) is 38.1. The second-order valence-electron chi connectivity index (χ2n) is 15.6. The zero-order valence-electron chi connectivity index (χ0n) is 31.7. The van der Waals surface area contributed by atoms with E-state index < -0.39 is 0 Å². The van der Waals surface area contributed by atoms with E-state index in [-0.39, 0.29) is 5.41 Å². The van der Waals surface area contributed by atoms with Crippen LogP contribution in [0.15, 0.2) is 188 Å². The van der Waals surface area contributed by atoms with Gasteiger partial charge in [0.2, 0.25) is 0 Å². The summed E-state index contributed by atoms with van der Waals surface area (Å²) in [6.07, 6.45) is 1.96. The van der Waals surface area contributed by atoms with E-state index >= 15 is 0 Å². The molecule has 0 bridgehead atoms. The van der Waals surface area contributed by atoms with Gasteiger partial charge in [0.15, 0.2) is 5.82 Å². The van der Waals surface area contributed by atoms with Crippen LogP contribution < -0.4 is 0 Å². The van der Waals surface area contributed by atoms with E-state index in [2.05, 4.69) is 166 Å². The lowest BCUT2D eigenvalue weighted by Gasteiger charge is -2.22. The molecule has 3 nitrogen and oxygen atoms in total. The van der Waals surface area contributed by atoms with Crippen molar-refractivity contribution in [3.8, 4) is 67.3 Å². The smallest absolute Gasteiger partial charge is 0.160 e.